The van der Waals surface area contributed by atoms with Gasteiger partial charge in [0.15, 0.2) is 0 Å². The van der Waals surface area contributed by atoms with Crippen molar-refractivity contribution in [1.82, 2.24) is 9.80 Å². The number of nitrogens with zero attached hydrogens (tertiary/aromatic N) is 3. The molecule has 1 amide bonds. The summed E-state index contributed by atoms with van der Waals surface area (Å²) in [5.41, 5.74) is 2.64. The molecular formula is C30H35N3O2S. The van der Waals surface area contributed by atoms with Gasteiger partial charge in [0.1, 0.15) is 5.75 Å². The van der Waals surface area contributed by atoms with Crippen LogP contribution < -0.4 is 9.64 Å². The summed E-state index contributed by atoms with van der Waals surface area (Å²) in [5.74, 6) is 1.38. The van der Waals surface area contributed by atoms with Crippen LogP contribution in [0.15, 0.2) is 78.2 Å². The van der Waals surface area contributed by atoms with E-state index in [2.05, 4.69) is 64.4 Å². The number of carbonyl (C=O) groups excluding carboxylic acids is 1. The van der Waals surface area contributed by atoms with E-state index < -0.39 is 0 Å². The molecule has 6 heteroatoms. The Hall–Kier alpha value is -3.09. The van der Waals surface area contributed by atoms with Crippen LogP contribution in [-0.2, 0) is 11.3 Å². The second kappa shape index (κ2) is 12.2. The number of amides is 1. The van der Waals surface area contributed by atoms with Gasteiger partial charge in [-0.2, -0.15) is 0 Å². The normalized spacial score (nSPS) is 19.1. The number of carbonyl (C=O) groups is 1. The Morgan fingerprint density at radius 1 is 0.944 bits per heavy atom. The largest absolute Gasteiger partial charge is 0.493 e. The third-order valence-corrected chi connectivity index (χ3v) is 7.91. The molecule has 3 aromatic rings. The molecule has 5 rings (SSSR count). The maximum atomic E-state index is 12.6. The molecule has 1 atom stereocenters. The van der Waals surface area contributed by atoms with E-state index in [9.17, 15) is 4.79 Å². The van der Waals surface area contributed by atoms with Gasteiger partial charge in [-0.1, -0.05) is 36.4 Å². The second-order valence-electron chi connectivity index (χ2n) is 9.69. The molecule has 2 aromatic carbocycles. The van der Waals surface area contributed by atoms with Crippen LogP contribution in [0.1, 0.15) is 23.3 Å². The van der Waals surface area contributed by atoms with Crippen LogP contribution in [0.25, 0.3) is 6.08 Å². The van der Waals surface area contributed by atoms with Gasteiger partial charge in [-0.05, 0) is 60.2 Å². The Kier molecular flexibility index (Phi) is 8.36. The number of rotatable bonds is 8. The quantitative estimate of drug-likeness (QED) is 0.387. The Morgan fingerprint density at radius 2 is 1.75 bits per heavy atom. The van der Waals surface area contributed by atoms with Crippen molar-refractivity contribution >= 4 is 29.0 Å². The van der Waals surface area contributed by atoms with Crippen molar-refractivity contribution in [3.63, 3.8) is 0 Å². The Balaban J connectivity index is 1.04. The number of piperazine rings is 1. The molecule has 3 heterocycles. The maximum absolute atomic E-state index is 12.6. The summed E-state index contributed by atoms with van der Waals surface area (Å²) in [6.07, 6.45) is 5.75. The number of thiophene rings is 1. The molecule has 0 saturated carbocycles. The lowest BCUT2D eigenvalue weighted by atomic mass is 9.99. The van der Waals surface area contributed by atoms with Gasteiger partial charge in [-0.3, -0.25) is 9.69 Å². The van der Waals surface area contributed by atoms with E-state index in [1.807, 2.05) is 28.5 Å². The topological polar surface area (TPSA) is 36.0 Å². The first-order valence-corrected chi connectivity index (χ1v) is 13.9. The molecule has 0 radical (unpaired) electrons. The monoisotopic (exact) mass is 501 g/mol. The van der Waals surface area contributed by atoms with Crippen LogP contribution in [0.5, 0.6) is 5.75 Å². The highest BCUT2D eigenvalue weighted by molar-refractivity contribution is 7.10. The fourth-order valence-corrected chi connectivity index (χ4v) is 5.63. The summed E-state index contributed by atoms with van der Waals surface area (Å²) in [7, 11) is 0. The third kappa shape index (κ3) is 6.77. The summed E-state index contributed by atoms with van der Waals surface area (Å²) >= 11 is 1.65. The number of anilines is 1. The van der Waals surface area contributed by atoms with E-state index in [-0.39, 0.29) is 5.91 Å². The van der Waals surface area contributed by atoms with E-state index >= 15 is 0 Å². The molecule has 2 saturated heterocycles. The minimum absolute atomic E-state index is 0.0991. The van der Waals surface area contributed by atoms with Gasteiger partial charge in [-0.15, -0.1) is 11.3 Å². The lowest BCUT2D eigenvalue weighted by Crippen LogP contribution is -2.45. The first-order valence-electron chi connectivity index (χ1n) is 13.0. The summed E-state index contributed by atoms with van der Waals surface area (Å²) in [4.78, 5) is 20.7. The van der Waals surface area contributed by atoms with Gasteiger partial charge in [0.25, 0.3) is 0 Å². The maximum Gasteiger partial charge on any atom is 0.246 e. The fraction of sp³-hybridized carbons (Fsp3) is 0.367. The fourth-order valence-electron chi connectivity index (χ4n) is 5.01. The van der Waals surface area contributed by atoms with Crippen molar-refractivity contribution < 1.29 is 9.53 Å². The molecule has 5 nitrogen and oxygen atoms in total. The average Bonchev–Trinajstić information content (AvgIpc) is 3.46. The van der Waals surface area contributed by atoms with Crippen molar-refractivity contribution in [2.75, 3.05) is 50.8 Å². The molecule has 188 valence electrons. The Morgan fingerprint density at radius 3 is 2.50 bits per heavy atom. The zero-order chi connectivity index (χ0) is 24.6. The van der Waals surface area contributed by atoms with E-state index in [0.29, 0.717) is 12.5 Å². The number of hydrogen-bond acceptors (Lipinski definition) is 5. The standard InChI is InChI=1S/C30H35N3O2S/c34-30(15-14-29-9-5-21-36-29)33-16-4-6-26(23-33)24-35-28-12-10-25(11-13-28)22-31-17-19-32(20-18-31)27-7-2-1-3-8-27/h1-3,5,7-15,21,26H,4,6,16-20,22-24H2/b15-14+/t26-/m0/s1. The summed E-state index contributed by atoms with van der Waals surface area (Å²) in [6.45, 7) is 7.50. The molecule has 0 N–H and O–H groups in total. The van der Waals surface area contributed by atoms with Crippen molar-refractivity contribution in [2.24, 2.45) is 5.92 Å². The molecular weight excluding hydrogens is 466 g/mol. The number of hydrogen-bond donors (Lipinski definition) is 0. The number of ether oxygens (including phenoxy) is 1. The number of piperidine rings is 1. The minimum atomic E-state index is 0.0991. The first kappa shape index (κ1) is 24.6. The van der Waals surface area contributed by atoms with Crippen molar-refractivity contribution in [3.8, 4) is 5.75 Å². The average molecular weight is 502 g/mol. The minimum Gasteiger partial charge on any atom is -0.493 e. The molecule has 2 aliphatic heterocycles. The number of para-hydroxylation sites is 1. The van der Waals surface area contributed by atoms with Crippen LogP contribution in [0, 0.1) is 5.92 Å². The summed E-state index contributed by atoms with van der Waals surface area (Å²) in [5, 5.41) is 2.03. The van der Waals surface area contributed by atoms with Crippen LogP contribution in [-0.4, -0.2) is 61.6 Å². The molecule has 0 spiro atoms. The van der Waals surface area contributed by atoms with Gasteiger partial charge in [0, 0.05) is 68.4 Å². The van der Waals surface area contributed by atoms with Crippen LogP contribution in [0.3, 0.4) is 0 Å². The highest BCUT2D eigenvalue weighted by Crippen LogP contribution is 2.21. The molecule has 0 bridgehead atoms. The van der Waals surface area contributed by atoms with Gasteiger partial charge >= 0.3 is 0 Å². The Labute approximate surface area is 218 Å². The predicted octanol–water partition coefficient (Wildman–Crippen LogP) is 5.40. The van der Waals surface area contributed by atoms with E-state index in [4.69, 9.17) is 4.74 Å². The second-order valence-corrected chi connectivity index (χ2v) is 10.7. The van der Waals surface area contributed by atoms with E-state index in [0.717, 1.165) is 69.3 Å². The molecule has 2 fully saturated rings. The van der Waals surface area contributed by atoms with Gasteiger partial charge in [-0.25, -0.2) is 0 Å². The number of benzene rings is 2. The van der Waals surface area contributed by atoms with Crippen molar-refractivity contribution in [1.29, 1.82) is 0 Å². The van der Waals surface area contributed by atoms with Crippen LogP contribution in [0.4, 0.5) is 5.69 Å². The first-order chi connectivity index (χ1) is 17.7. The van der Waals surface area contributed by atoms with Crippen LogP contribution >= 0.6 is 11.3 Å². The zero-order valence-electron chi connectivity index (χ0n) is 20.8. The highest BCUT2D eigenvalue weighted by Gasteiger charge is 2.23. The molecule has 2 aliphatic rings. The predicted molar refractivity (Wildman–Crippen MR) is 149 cm³/mol. The van der Waals surface area contributed by atoms with Gasteiger partial charge < -0.3 is 14.5 Å². The smallest absolute Gasteiger partial charge is 0.246 e. The highest BCUT2D eigenvalue weighted by atomic mass is 32.1. The summed E-state index contributed by atoms with van der Waals surface area (Å²) in [6, 6.07) is 23.3. The number of likely N-dealkylation sites (tertiary alicyclic amines) is 1. The van der Waals surface area contributed by atoms with Crippen molar-refractivity contribution in [2.45, 2.75) is 19.4 Å². The lowest BCUT2D eigenvalue weighted by Gasteiger charge is -2.36. The molecule has 1 aromatic heterocycles. The molecule has 36 heavy (non-hydrogen) atoms. The molecule has 0 unspecified atom stereocenters. The SMILES string of the molecule is O=C(/C=C/c1cccs1)N1CCC[C@H](COc2ccc(CN3CCN(c4ccccc4)CC3)cc2)C1. The summed E-state index contributed by atoms with van der Waals surface area (Å²) < 4.78 is 6.13. The van der Waals surface area contributed by atoms with E-state index in [1.54, 1.807) is 17.4 Å². The van der Waals surface area contributed by atoms with Crippen LogP contribution in [0.2, 0.25) is 0 Å². The third-order valence-electron chi connectivity index (χ3n) is 7.07. The van der Waals surface area contributed by atoms with E-state index in [1.165, 1.54) is 11.3 Å². The lowest BCUT2D eigenvalue weighted by molar-refractivity contribution is -0.127. The van der Waals surface area contributed by atoms with Crippen molar-refractivity contribution in [3.05, 3.63) is 88.6 Å². The molecule has 0 aliphatic carbocycles. The van der Waals surface area contributed by atoms with Gasteiger partial charge in [0.2, 0.25) is 5.91 Å². The van der Waals surface area contributed by atoms with Gasteiger partial charge in [0.05, 0.1) is 6.61 Å². The Bertz CT molecular complexity index is 1110. The zero-order valence-corrected chi connectivity index (χ0v) is 21.6.